The van der Waals surface area contributed by atoms with Gasteiger partial charge in [-0.25, -0.2) is 18.6 Å². The van der Waals surface area contributed by atoms with Crippen LogP contribution in [-0.2, 0) is 11.4 Å². The molecule has 3 aromatic rings. The Morgan fingerprint density at radius 1 is 0.571 bits per heavy atom. The molecule has 0 radical (unpaired) electrons. The van der Waals surface area contributed by atoms with Crippen molar-refractivity contribution in [3.63, 3.8) is 0 Å². The summed E-state index contributed by atoms with van der Waals surface area (Å²) in [7, 11) is -4.94. The van der Waals surface area contributed by atoms with E-state index < -0.39 is 10.2 Å². The lowest BCUT2D eigenvalue weighted by molar-refractivity contribution is -2.00. The monoisotopic (exact) mass is 548 g/mol. The molecule has 0 N–H and O–H groups in total. The summed E-state index contributed by atoms with van der Waals surface area (Å²) in [6.45, 7) is 13.4. The average Bonchev–Trinajstić information content (AvgIpc) is 3.39. The predicted molar refractivity (Wildman–Crippen MR) is 138 cm³/mol. The van der Waals surface area contributed by atoms with Gasteiger partial charge in [0.05, 0.1) is 0 Å². The molecule has 0 aromatic heterocycles. The van der Waals surface area contributed by atoms with Gasteiger partial charge in [0, 0.05) is 20.9 Å². The van der Waals surface area contributed by atoms with E-state index in [1.165, 1.54) is 48.1 Å². The molecule has 1 fully saturated rings. The number of halogens is 1. The van der Waals surface area contributed by atoms with E-state index in [1.54, 1.807) is 4.86 Å². The topological polar surface area (TPSA) is 92.2 Å². The maximum Gasteiger partial charge on any atom is 0.236 e. The molecular formula is C27H29ClO4S3. The zero-order valence-electron chi connectivity index (χ0n) is 20.6. The van der Waals surface area contributed by atoms with Crippen molar-refractivity contribution in [3.05, 3.63) is 88.0 Å². The Morgan fingerprint density at radius 2 is 0.857 bits per heavy atom. The predicted octanol–water partition coefficient (Wildman–Crippen LogP) is 2.73. The normalized spacial score (nSPS) is 17.0. The summed E-state index contributed by atoms with van der Waals surface area (Å²) < 4.78 is 34.0. The van der Waals surface area contributed by atoms with Crippen LogP contribution in [0.2, 0.25) is 0 Å². The molecule has 1 aliphatic rings. The number of hydrogen-bond donors (Lipinski definition) is 0. The van der Waals surface area contributed by atoms with Gasteiger partial charge in [0.25, 0.3) is 0 Å². The Kier molecular flexibility index (Phi) is 9.45. The Labute approximate surface area is 222 Å². The number of benzene rings is 3. The van der Waals surface area contributed by atoms with Gasteiger partial charge in [-0.15, -0.1) is 33.8 Å². The molecule has 0 amide bonds. The number of rotatable bonds is 5. The average molecular weight is 549 g/mol. The highest BCUT2D eigenvalue weighted by molar-refractivity contribution is 8.09. The van der Waals surface area contributed by atoms with Gasteiger partial charge in [0.2, 0.25) is 21.1 Å². The Hall–Kier alpha value is -1.42. The molecule has 3 aromatic carbocycles. The summed E-state index contributed by atoms with van der Waals surface area (Å²) in [5.74, 6) is 0. The molecule has 8 heteroatoms. The lowest BCUT2D eigenvalue weighted by atomic mass is 10.2. The molecule has 4 rings (SSSR count). The van der Waals surface area contributed by atoms with Crippen LogP contribution in [0, 0.1) is 51.8 Å². The van der Waals surface area contributed by atoms with Gasteiger partial charge in [0.15, 0.2) is 0 Å². The Bertz CT molecular complexity index is 1110. The molecular weight excluding hydrogens is 520 g/mol. The van der Waals surface area contributed by atoms with Gasteiger partial charge in [-0.05, 0) is 63.8 Å². The number of hydrogen-bond acceptors (Lipinski definition) is 6. The summed E-state index contributed by atoms with van der Waals surface area (Å²) in [5.41, 5.74) is 8.31. The minimum absolute atomic E-state index is 0.540. The van der Waals surface area contributed by atoms with Crippen LogP contribution in [0.25, 0.3) is 0 Å². The van der Waals surface area contributed by atoms with Gasteiger partial charge < -0.3 is 0 Å². The second kappa shape index (κ2) is 11.8. The highest BCUT2D eigenvalue weighted by Gasteiger charge is 2.56. The van der Waals surface area contributed by atoms with Crippen molar-refractivity contribution in [2.45, 2.75) is 66.7 Å². The quantitative estimate of drug-likeness (QED) is 0.359. The van der Waals surface area contributed by atoms with E-state index in [1.807, 2.05) is 11.4 Å². The van der Waals surface area contributed by atoms with Crippen molar-refractivity contribution in [2.75, 3.05) is 0 Å². The van der Waals surface area contributed by atoms with Gasteiger partial charge in [-0.3, -0.25) is 0 Å². The summed E-state index contributed by atoms with van der Waals surface area (Å²) in [5, 5.41) is 1.08. The first-order valence-corrected chi connectivity index (χ1v) is 14.9. The first-order valence-electron chi connectivity index (χ1n) is 11.0. The van der Waals surface area contributed by atoms with Gasteiger partial charge in [-0.1, -0.05) is 54.6 Å². The SMILES string of the molecule is Cc1cccc(C)c1SC1C(=[S+]c2c(C)cccc2C)C1Sc1c(C)cccc1C.[O-][Cl+3]([O-])([O-])[O-]. The second-order valence-corrected chi connectivity index (χ2v) is 12.8. The summed E-state index contributed by atoms with van der Waals surface area (Å²) in [6.07, 6.45) is 0. The van der Waals surface area contributed by atoms with Crippen LogP contribution in [-0.4, -0.2) is 15.4 Å². The zero-order chi connectivity index (χ0) is 25.9. The third-order valence-corrected chi connectivity index (χ3v) is 11.0. The van der Waals surface area contributed by atoms with Crippen molar-refractivity contribution in [1.29, 1.82) is 0 Å². The fourth-order valence-corrected chi connectivity index (χ4v) is 8.59. The molecule has 2 unspecified atom stereocenters. The Balaban J connectivity index is 0.000000623. The van der Waals surface area contributed by atoms with Crippen LogP contribution in [0.4, 0.5) is 0 Å². The van der Waals surface area contributed by atoms with E-state index in [9.17, 15) is 0 Å². The minimum atomic E-state index is -4.94. The van der Waals surface area contributed by atoms with Crippen LogP contribution in [0.5, 0.6) is 0 Å². The van der Waals surface area contributed by atoms with Crippen LogP contribution >= 0.6 is 23.5 Å². The van der Waals surface area contributed by atoms with Gasteiger partial charge in [-0.2, -0.15) is 0 Å². The number of thioether (sulfide) groups is 2. The van der Waals surface area contributed by atoms with E-state index in [0.29, 0.717) is 10.5 Å². The minimum Gasteiger partial charge on any atom is -0.222 e. The van der Waals surface area contributed by atoms with Crippen LogP contribution < -0.4 is 18.6 Å². The van der Waals surface area contributed by atoms with E-state index >= 15 is 0 Å². The highest BCUT2D eigenvalue weighted by atomic mass is 35.7. The van der Waals surface area contributed by atoms with Crippen LogP contribution in [0.3, 0.4) is 0 Å². The van der Waals surface area contributed by atoms with Crippen molar-refractivity contribution in [2.24, 2.45) is 0 Å². The molecule has 2 atom stereocenters. The molecule has 186 valence electrons. The summed E-state index contributed by atoms with van der Waals surface area (Å²) >= 11 is 6.14. The van der Waals surface area contributed by atoms with E-state index in [0.717, 1.165) is 0 Å². The fraction of sp³-hybridized carbons (Fsp3) is 0.296. The fourth-order valence-electron chi connectivity index (χ4n) is 3.85. The maximum absolute atomic E-state index is 8.49. The molecule has 0 bridgehead atoms. The van der Waals surface area contributed by atoms with Crippen molar-refractivity contribution in [3.8, 4) is 0 Å². The van der Waals surface area contributed by atoms with Crippen molar-refractivity contribution in [1.82, 2.24) is 0 Å². The van der Waals surface area contributed by atoms with E-state index in [4.69, 9.17) is 18.6 Å². The molecule has 35 heavy (non-hydrogen) atoms. The third-order valence-electron chi connectivity index (χ3n) is 5.66. The van der Waals surface area contributed by atoms with E-state index in [2.05, 4.69) is 120 Å². The largest absolute Gasteiger partial charge is 0.236 e. The highest BCUT2D eigenvalue weighted by Crippen LogP contribution is 2.49. The lowest BCUT2D eigenvalue weighted by Gasteiger charge is -2.17. The second-order valence-electron chi connectivity index (χ2n) is 8.62. The van der Waals surface area contributed by atoms with Gasteiger partial charge in [0.1, 0.15) is 10.5 Å². The smallest absolute Gasteiger partial charge is 0.222 e. The lowest BCUT2D eigenvalue weighted by Crippen LogP contribution is -2.68. The molecule has 4 nitrogen and oxygen atoms in total. The van der Waals surface area contributed by atoms with Crippen LogP contribution in [0.1, 0.15) is 33.4 Å². The molecule has 0 spiro atoms. The first kappa shape index (κ1) is 28.2. The number of aryl methyl sites for hydroxylation is 6. The zero-order valence-corrected chi connectivity index (χ0v) is 23.8. The summed E-state index contributed by atoms with van der Waals surface area (Å²) in [4.78, 5) is 5.94. The van der Waals surface area contributed by atoms with Crippen molar-refractivity contribution >= 4 is 39.7 Å². The standard InChI is InChI=1S/C27H29S3.ClHO4/c1-16-10-7-11-17(2)22(16)28-25-26(29-23-18(3)12-8-13-19(23)4)27(25)30-24-20(5)14-9-15-21(24)6;2-1(3,4)5/h7-15,25-26H,1-6H3;(H,2,3,4,5)/q+1;/p-1. The molecule has 1 saturated carbocycles. The molecule has 0 saturated heterocycles. The molecule has 1 aliphatic carbocycles. The maximum atomic E-state index is 8.49. The summed E-state index contributed by atoms with van der Waals surface area (Å²) in [6, 6.07) is 19.9. The van der Waals surface area contributed by atoms with Crippen LogP contribution in [0.15, 0.2) is 69.3 Å². The van der Waals surface area contributed by atoms with Crippen molar-refractivity contribution < 1.29 is 28.9 Å². The van der Waals surface area contributed by atoms with E-state index in [-0.39, 0.29) is 0 Å². The third kappa shape index (κ3) is 7.78. The first-order chi connectivity index (χ1) is 16.4. The van der Waals surface area contributed by atoms with Gasteiger partial charge >= 0.3 is 0 Å². The molecule has 0 heterocycles. The Morgan fingerprint density at radius 3 is 1.17 bits per heavy atom. The molecule has 0 aliphatic heterocycles.